The number of hydrogen-bond donors (Lipinski definition) is 2. The number of nitrogens with zero attached hydrogens (tertiary/aromatic N) is 4. The molecule has 2 aromatic heterocycles. The maximum atomic E-state index is 13.5. The third-order valence-corrected chi connectivity index (χ3v) is 10.4. The number of rotatable bonds is 7. The van der Waals surface area contributed by atoms with E-state index in [1.54, 1.807) is 27.3 Å². The van der Waals surface area contributed by atoms with E-state index in [4.69, 9.17) is 5.10 Å². The number of piperidine rings is 1. The molecule has 1 aliphatic rings. The van der Waals surface area contributed by atoms with Gasteiger partial charge in [0.2, 0.25) is 10.0 Å². The fraction of sp³-hybridized carbons (Fsp3) is 0.306. The van der Waals surface area contributed by atoms with E-state index in [1.807, 2.05) is 73.7 Å². The average molecular weight is 637 g/mol. The van der Waals surface area contributed by atoms with Crippen LogP contribution in [0.5, 0.6) is 0 Å². The topological polar surface area (TPSA) is 109 Å². The van der Waals surface area contributed by atoms with Crippen LogP contribution in [0, 0.1) is 12.8 Å². The van der Waals surface area contributed by atoms with Crippen molar-refractivity contribution in [1.29, 1.82) is 0 Å². The number of carbonyl (C=O) groups excluding carboxylic acids is 1. The summed E-state index contributed by atoms with van der Waals surface area (Å²) < 4.78 is 30.4. The molecule has 0 atom stereocenters. The van der Waals surface area contributed by atoms with Gasteiger partial charge in [0.15, 0.2) is 0 Å². The number of anilines is 2. The summed E-state index contributed by atoms with van der Waals surface area (Å²) in [6.07, 6.45) is 3.95. The molecule has 3 aromatic carbocycles. The lowest BCUT2D eigenvalue weighted by atomic mass is 9.91. The zero-order valence-electron chi connectivity index (χ0n) is 26.7. The van der Waals surface area contributed by atoms with E-state index in [0.29, 0.717) is 36.0 Å². The Morgan fingerprint density at radius 1 is 0.913 bits per heavy atom. The number of benzene rings is 3. The summed E-state index contributed by atoms with van der Waals surface area (Å²) in [7, 11) is -3.65. The predicted octanol–water partition coefficient (Wildman–Crippen LogP) is 7.31. The van der Waals surface area contributed by atoms with Crippen LogP contribution in [0.3, 0.4) is 0 Å². The maximum absolute atomic E-state index is 13.5. The van der Waals surface area contributed by atoms with Gasteiger partial charge in [0, 0.05) is 41.8 Å². The number of fused-ring (bicyclic) bond motifs is 1. The van der Waals surface area contributed by atoms with Gasteiger partial charge in [0.25, 0.3) is 0 Å². The molecule has 2 N–H and O–H groups in total. The Labute approximate surface area is 270 Å². The summed E-state index contributed by atoms with van der Waals surface area (Å²) >= 11 is 0. The number of pyridine rings is 1. The van der Waals surface area contributed by atoms with Crippen molar-refractivity contribution in [3.8, 4) is 5.69 Å². The van der Waals surface area contributed by atoms with E-state index in [9.17, 15) is 13.2 Å². The second kappa shape index (κ2) is 12.7. The molecule has 1 saturated heterocycles. The Kier molecular flexibility index (Phi) is 8.67. The highest BCUT2D eigenvalue weighted by atomic mass is 32.2. The molecule has 2 amide bonds. The molecule has 0 saturated carbocycles. The zero-order chi connectivity index (χ0) is 32.5. The number of hydrogen-bond acceptors (Lipinski definition) is 5. The highest BCUT2D eigenvalue weighted by Gasteiger charge is 2.31. The van der Waals surface area contributed by atoms with Crippen molar-refractivity contribution in [1.82, 2.24) is 19.1 Å². The van der Waals surface area contributed by atoms with Gasteiger partial charge in [-0.05, 0) is 74.1 Å². The molecule has 5 aromatic rings. The van der Waals surface area contributed by atoms with Crippen LogP contribution in [0.4, 0.5) is 16.3 Å². The molecule has 0 aliphatic carbocycles. The molecule has 1 fully saturated rings. The first kappa shape index (κ1) is 31.4. The third-order valence-electron chi connectivity index (χ3n) is 8.49. The molecule has 238 valence electrons. The molecule has 9 nitrogen and oxygen atoms in total. The number of amides is 2. The first-order chi connectivity index (χ1) is 22.0. The summed E-state index contributed by atoms with van der Waals surface area (Å²) in [5.74, 6) is 0.921. The summed E-state index contributed by atoms with van der Waals surface area (Å²) in [6, 6.07) is 26.4. The van der Waals surface area contributed by atoms with Crippen LogP contribution < -0.4 is 10.6 Å². The van der Waals surface area contributed by atoms with Crippen LogP contribution in [0.25, 0.3) is 16.6 Å². The van der Waals surface area contributed by atoms with Crippen molar-refractivity contribution in [3.05, 3.63) is 108 Å². The predicted molar refractivity (Wildman–Crippen MR) is 183 cm³/mol. The van der Waals surface area contributed by atoms with Crippen LogP contribution in [-0.2, 0) is 21.9 Å². The van der Waals surface area contributed by atoms with Crippen molar-refractivity contribution in [3.63, 3.8) is 0 Å². The summed E-state index contributed by atoms with van der Waals surface area (Å²) in [5, 5.41) is 11.6. The lowest BCUT2D eigenvalue weighted by Crippen LogP contribution is -2.39. The maximum Gasteiger partial charge on any atom is 0.324 e. The zero-order valence-corrected chi connectivity index (χ0v) is 27.5. The number of nitrogens with one attached hydrogen (secondary N) is 2. The average Bonchev–Trinajstić information content (AvgIpc) is 3.46. The first-order valence-electron chi connectivity index (χ1n) is 15.7. The summed E-state index contributed by atoms with van der Waals surface area (Å²) in [6.45, 7) is 9.23. The lowest BCUT2D eigenvalue weighted by molar-refractivity contribution is 0.262. The Bertz CT molecular complexity index is 1970. The minimum Gasteiger partial charge on any atom is -0.308 e. The lowest BCUT2D eigenvalue weighted by Gasteiger charge is -2.31. The molecule has 0 bridgehead atoms. The molecule has 0 unspecified atom stereocenters. The third kappa shape index (κ3) is 6.83. The van der Waals surface area contributed by atoms with Gasteiger partial charge in [-0.3, -0.25) is 10.3 Å². The normalized spacial score (nSPS) is 14.8. The summed E-state index contributed by atoms with van der Waals surface area (Å²) in [5.41, 5.74) is 4.99. The van der Waals surface area contributed by atoms with Crippen molar-refractivity contribution in [2.75, 3.05) is 23.7 Å². The fourth-order valence-corrected chi connectivity index (χ4v) is 7.52. The molecule has 3 heterocycles. The highest BCUT2D eigenvalue weighted by molar-refractivity contribution is 7.89. The molecule has 10 heteroatoms. The van der Waals surface area contributed by atoms with Gasteiger partial charge in [-0.15, -0.1) is 0 Å². The molecule has 46 heavy (non-hydrogen) atoms. The van der Waals surface area contributed by atoms with Gasteiger partial charge in [0.1, 0.15) is 10.7 Å². The Balaban J connectivity index is 1.09. The number of aryl methyl sites for hydroxylation is 1. The monoisotopic (exact) mass is 636 g/mol. The number of aromatic nitrogens is 3. The second-order valence-corrected chi connectivity index (χ2v) is 15.0. The van der Waals surface area contributed by atoms with Gasteiger partial charge >= 0.3 is 6.03 Å². The van der Waals surface area contributed by atoms with Crippen LogP contribution in [0.2, 0.25) is 0 Å². The fourth-order valence-electron chi connectivity index (χ4n) is 5.88. The molecular weight excluding hydrogens is 597 g/mol. The summed E-state index contributed by atoms with van der Waals surface area (Å²) in [4.78, 5) is 17.8. The number of urea groups is 1. The van der Waals surface area contributed by atoms with Gasteiger partial charge in [-0.1, -0.05) is 68.8 Å². The number of sulfonamides is 1. The van der Waals surface area contributed by atoms with Gasteiger partial charge in [0.05, 0.1) is 16.9 Å². The van der Waals surface area contributed by atoms with Gasteiger partial charge in [-0.25, -0.2) is 17.9 Å². The standard InChI is InChI=1S/C36H40N6O3S/c1-25-13-15-30(16-14-25)42-33(24-32(40-42)36(2,3)4)39-35(43)38-29-11-5-8-27(23-29)22-26-17-20-41(21-18-26)46(44,45)31-12-6-9-28-10-7-19-37-34(28)31/h5-16,19,23-24,26H,17-18,20-22H2,1-4H3,(H2,38,39,43). The Morgan fingerprint density at radius 3 is 2.37 bits per heavy atom. The van der Waals surface area contributed by atoms with Crippen LogP contribution in [0.1, 0.15) is 50.4 Å². The number of para-hydroxylation sites is 1. The Morgan fingerprint density at radius 2 is 1.63 bits per heavy atom. The van der Waals surface area contributed by atoms with E-state index in [-0.39, 0.29) is 16.3 Å². The number of carbonyl (C=O) groups is 1. The minimum absolute atomic E-state index is 0.190. The van der Waals surface area contributed by atoms with Crippen molar-refractivity contribution in [2.45, 2.75) is 57.3 Å². The van der Waals surface area contributed by atoms with Crippen molar-refractivity contribution in [2.24, 2.45) is 5.92 Å². The molecular formula is C36H40N6O3S. The second-order valence-electron chi connectivity index (χ2n) is 13.1. The van der Waals surface area contributed by atoms with Crippen LogP contribution in [-0.4, -0.2) is 46.6 Å². The molecule has 1 aliphatic heterocycles. The SMILES string of the molecule is Cc1ccc(-n2nc(C(C)(C)C)cc2NC(=O)Nc2cccc(CC3CCN(S(=O)(=O)c4cccc5cccnc45)CC3)c2)cc1. The molecule has 0 radical (unpaired) electrons. The van der Waals surface area contributed by atoms with Crippen molar-refractivity contribution < 1.29 is 13.2 Å². The van der Waals surface area contributed by atoms with E-state index in [1.165, 1.54) is 0 Å². The van der Waals surface area contributed by atoms with Gasteiger partial charge in [-0.2, -0.15) is 9.40 Å². The van der Waals surface area contributed by atoms with Crippen LogP contribution in [0.15, 0.2) is 96.0 Å². The largest absolute Gasteiger partial charge is 0.324 e. The van der Waals surface area contributed by atoms with E-state index < -0.39 is 10.0 Å². The van der Waals surface area contributed by atoms with Crippen molar-refractivity contribution >= 4 is 38.5 Å². The van der Waals surface area contributed by atoms with Gasteiger partial charge < -0.3 is 5.32 Å². The molecule has 6 rings (SSSR count). The van der Waals surface area contributed by atoms with E-state index in [0.717, 1.165) is 47.2 Å². The first-order valence-corrected chi connectivity index (χ1v) is 17.1. The highest BCUT2D eigenvalue weighted by Crippen LogP contribution is 2.30. The smallest absolute Gasteiger partial charge is 0.308 e. The Hall–Kier alpha value is -4.54. The van der Waals surface area contributed by atoms with E-state index in [2.05, 4.69) is 42.5 Å². The molecule has 0 spiro atoms. The van der Waals surface area contributed by atoms with Crippen LogP contribution >= 0.6 is 0 Å². The van der Waals surface area contributed by atoms with E-state index >= 15 is 0 Å². The quantitative estimate of drug-likeness (QED) is 0.195. The minimum atomic E-state index is -3.65.